The number of benzene rings is 7. The summed E-state index contributed by atoms with van der Waals surface area (Å²) in [7, 11) is 0. The summed E-state index contributed by atoms with van der Waals surface area (Å²) in [5, 5.41) is 2.45. The molecule has 0 amide bonds. The molecule has 0 N–H and O–H groups in total. The fourth-order valence-corrected chi connectivity index (χ4v) is 6.42. The first-order valence-electron chi connectivity index (χ1n) is 16.9. The molecule has 8 rings (SSSR count). The van der Waals surface area contributed by atoms with E-state index in [1.165, 1.54) is 44.2 Å². The summed E-state index contributed by atoms with van der Waals surface area (Å²) in [5.41, 5.74) is 12.5. The van der Waals surface area contributed by atoms with Gasteiger partial charge in [-0.05, 0) is 67.8 Å². The molecule has 0 spiro atoms. The normalized spacial score (nSPS) is 13.0. The summed E-state index contributed by atoms with van der Waals surface area (Å²) in [6.45, 7) is 2.64. The van der Waals surface area contributed by atoms with Crippen molar-refractivity contribution in [3.8, 4) is 33.4 Å². The molecule has 0 fully saturated rings. The van der Waals surface area contributed by atoms with Crippen LogP contribution in [0.5, 0.6) is 0 Å². The molecule has 1 aliphatic heterocycles. The minimum atomic E-state index is 0.448. The van der Waals surface area contributed by atoms with Crippen LogP contribution in [0.25, 0.3) is 44.2 Å². The van der Waals surface area contributed by atoms with Crippen LogP contribution in [-0.4, -0.2) is 23.9 Å². The Morgan fingerprint density at radius 2 is 0.980 bits per heavy atom. The van der Waals surface area contributed by atoms with Gasteiger partial charge in [0.2, 0.25) is 0 Å². The van der Waals surface area contributed by atoms with Crippen molar-refractivity contribution in [3.05, 3.63) is 192 Å². The predicted molar refractivity (Wildman–Crippen MR) is 207 cm³/mol. The molecule has 3 heteroatoms. The van der Waals surface area contributed by atoms with E-state index < -0.39 is 0 Å². The van der Waals surface area contributed by atoms with Gasteiger partial charge in [-0.3, -0.25) is 4.99 Å². The smallest absolute Gasteiger partial charge is 0.161 e. The van der Waals surface area contributed by atoms with E-state index in [0.717, 1.165) is 34.4 Å². The lowest BCUT2D eigenvalue weighted by Gasteiger charge is -2.11. The molecule has 0 saturated heterocycles. The SMILES string of the molecule is CCc1ccc(-c2ccc(-c3ccc4cccc(-c5ccc(C6=NC(c7ccccc7)=NC(c7ccccc7)=NC6)cc5)c4c3)cc2)cc1. The van der Waals surface area contributed by atoms with E-state index in [2.05, 4.69) is 116 Å². The molecule has 0 aliphatic carbocycles. The molecular formula is C46H35N3. The predicted octanol–water partition coefficient (Wildman–Crippen LogP) is 11.1. The van der Waals surface area contributed by atoms with Crippen molar-refractivity contribution in [1.29, 1.82) is 0 Å². The fraction of sp³-hybridized carbons (Fsp3) is 0.0652. The number of nitrogens with zero attached hydrogens (tertiary/aromatic N) is 3. The van der Waals surface area contributed by atoms with Crippen LogP contribution in [0.3, 0.4) is 0 Å². The number of rotatable bonds is 7. The summed E-state index contributed by atoms with van der Waals surface area (Å²) in [5.74, 6) is 1.37. The van der Waals surface area contributed by atoms with Gasteiger partial charge in [-0.1, -0.05) is 171 Å². The van der Waals surface area contributed by atoms with Gasteiger partial charge in [-0.2, -0.15) is 0 Å². The summed E-state index contributed by atoms with van der Waals surface area (Å²) < 4.78 is 0. The van der Waals surface area contributed by atoms with Crippen LogP contribution in [0, 0.1) is 0 Å². The number of fused-ring (bicyclic) bond motifs is 1. The highest BCUT2D eigenvalue weighted by molar-refractivity contribution is 6.20. The molecule has 7 aromatic rings. The molecule has 0 aromatic heterocycles. The Bertz CT molecular complexity index is 2330. The zero-order chi connectivity index (χ0) is 33.0. The molecule has 0 saturated carbocycles. The zero-order valence-electron chi connectivity index (χ0n) is 27.4. The lowest BCUT2D eigenvalue weighted by atomic mass is 9.93. The Hall–Kier alpha value is -6.19. The molecule has 3 nitrogen and oxygen atoms in total. The third kappa shape index (κ3) is 6.39. The Morgan fingerprint density at radius 3 is 1.63 bits per heavy atom. The maximum Gasteiger partial charge on any atom is 0.161 e. The van der Waals surface area contributed by atoms with E-state index in [0.29, 0.717) is 18.2 Å². The van der Waals surface area contributed by atoms with Crippen molar-refractivity contribution in [2.24, 2.45) is 15.0 Å². The Kier molecular flexibility index (Phi) is 8.31. The highest BCUT2D eigenvalue weighted by Gasteiger charge is 2.15. The largest absolute Gasteiger partial charge is 0.260 e. The summed E-state index contributed by atoms with van der Waals surface area (Å²) in [6.07, 6.45) is 1.05. The van der Waals surface area contributed by atoms with Crippen LogP contribution in [-0.2, 0) is 6.42 Å². The summed E-state index contributed by atoms with van der Waals surface area (Å²) >= 11 is 0. The van der Waals surface area contributed by atoms with Gasteiger partial charge in [0, 0.05) is 11.1 Å². The van der Waals surface area contributed by atoms with Crippen molar-refractivity contribution in [2.45, 2.75) is 13.3 Å². The van der Waals surface area contributed by atoms with Crippen molar-refractivity contribution >= 4 is 28.2 Å². The van der Waals surface area contributed by atoms with Gasteiger partial charge in [0.25, 0.3) is 0 Å². The van der Waals surface area contributed by atoms with Gasteiger partial charge in [0.15, 0.2) is 11.7 Å². The highest BCUT2D eigenvalue weighted by atomic mass is 15.0. The lowest BCUT2D eigenvalue weighted by Crippen LogP contribution is -2.08. The molecule has 0 radical (unpaired) electrons. The lowest BCUT2D eigenvalue weighted by molar-refractivity contribution is 1.14. The third-order valence-corrected chi connectivity index (χ3v) is 9.22. The number of amidine groups is 2. The molecule has 0 bridgehead atoms. The molecule has 234 valence electrons. The summed E-state index contributed by atoms with van der Waals surface area (Å²) in [4.78, 5) is 14.9. The van der Waals surface area contributed by atoms with Gasteiger partial charge < -0.3 is 0 Å². The van der Waals surface area contributed by atoms with Crippen molar-refractivity contribution < 1.29 is 0 Å². The Balaban J connectivity index is 1.10. The van der Waals surface area contributed by atoms with Crippen LogP contribution in [0.1, 0.15) is 29.2 Å². The number of aliphatic imine (C=N–C) groups is 3. The maximum atomic E-state index is 5.07. The van der Waals surface area contributed by atoms with Gasteiger partial charge in [0.1, 0.15) is 0 Å². The molecular weight excluding hydrogens is 595 g/mol. The highest BCUT2D eigenvalue weighted by Crippen LogP contribution is 2.33. The second-order valence-electron chi connectivity index (χ2n) is 12.3. The first-order chi connectivity index (χ1) is 24.2. The van der Waals surface area contributed by atoms with E-state index in [1.807, 2.05) is 60.7 Å². The average molecular weight is 630 g/mol. The van der Waals surface area contributed by atoms with Crippen LogP contribution in [0.2, 0.25) is 0 Å². The third-order valence-electron chi connectivity index (χ3n) is 9.22. The second kappa shape index (κ2) is 13.5. The quantitative estimate of drug-likeness (QED) is 0.168. The second-order valence-corrected chi connectivity index (χ2v) is 12.3. The van der Waals surface area contributed by atoms with Crippen LogP contribution in [0.4, 0.5) is 0 Å². The molecule has 7 aromatic carbocycles. The van der Waals surface area contributed by atoms with Crippen LogP contribution in [0.15, 0.2) is 185 Å². The molecule has 1 aliphatic rings. The van der Waals surface area contributed by atoms with Gasteiger partial charge >= 0.3 is 0 Å². The molecule has 1 heterocycles. The van der Waals surface area contributed by atoms with Gasteiger partial charge in [-0.15, -0.1) is 0 Å². The average Bonchev–Trinajstić information content (AvgIpc) is 3.42. The number of hydrogen-bond donors (Lipinski definition) is 0. The minimum absolute atomic E-state index is 0.448. The van der Waals surface area contributed by atoms with E-state index >= 15 is 0 Å². The topological polar surface area (TPSA) is 37.1 Å². The van der Waals surface area contributed by atoms with Crippen molar-refractivity contribution in [2.75, 3.05) is 6.54 Å². The fourth-order valence-electron chi connectivity index (χ4n) is 6.42. The Labute approximate surface area is 287 Å². The van der Waals surface area contributed by atoms with E-state index in [9.17, 15) is 0 Å². The number of aryl methyl sites for hydroxylation is 1. The zero-order valence-corrected chi connectivity index (χ0v) is 27.4. The van der Waals surface area contributed by atoms with E-state index in [-0.39, 0.29) is 0 Å². The van der Waals surface area contributed by atoms with Crippen molar-refractivity contribution in [1.82, 2.24) is 0 Å². The monoisotopic (exact) mass is 629 g/mol. The maximum absolute atomic E-state index is 5.07. The van der Waals surface area contributed by atoms with Gasteiger partial charge in [0.05, 0.1) is 12.3 Å². The molecule has 49 heavy (non-hydrogen) atoms. The van der Waals surface area contributed by atoms with Crippen LogP contribution < -0.4 is 0 Å². The number of hydrogen-bond acceptors (Lipinski definition) is 3. The molecule has 0 atom stereocenters. The van der Waals surface area contributed by atoms with Crippen molar-refractivity contribution in [3.63, 3.8) is 0 Å². The first kappa shape index (κ1) is 30.2. The molecule has 0 unspecified atom stereocenters. The summed E-state index contributed by atoms with van der Waals surface area (Å²) in [6, 6.07) is 60.1. The van der Waals surface area contributed by atoms with E-state index in [4.69, 9.17) is 15.0 Å². The minimum Gasteiger partial charge on any atom is -0.260 e. The van der Waals surface area contributed by atoms with Gasteiger partial charge in [-0.25, -0.2) is 9.98 Å². The first-order valence-corrected chi connectivity index (χ1v) is 16.9. The standard InChI is InChI=1S/C46H35N3/c1-2-32-16-18-33(19-17-32)34-20-22-35(23-21-34)41-29-26-36-14-9-15-42(43(36)30-41)37-24-27-38(28-25-37)44-31-47-45(39-10-5-3-6-11-39)49-46(48-44)40-12-7-4-8-13-40/h3-30H,2,31H2,1H3. The van der Waals surface area contributed by atoms with Crippen LogP contribution >= 0.6 is 0 Å². The Morgan fingerprint density at radius 1 is 0.429 bits per heavy atom. The van der Waals surface area contributed by atoms with E-state index in [1.54, 1.807) is 0 Å².